The Balaban J connectivity index is 2.06. The summed E-state index contributed by atoms with van der Waals surface area (Å²) in [5.74, 6) is -0.347. The standard InChI is InChI=1S/C22H26N2O6S/c1-29-20-13-8-15(14-18(20)25)19(6-4-3-5-7-21(26)24-28)30-22(27)23-16-9-11-17(31-2)12-10-16/h5,7-14,19,25,28H,3-4,6H2,1-2H3,(H,23,27)(H,24,26)/b7-5+/t19-/m0/s1. The van der Waals surface area contributed by atoms with E-state index < -0.39 is 18.1 Å². The van der Waals surface area contributed by atoms with E-state index in [0.29, 0.717) is 36.3 Å². The second kappa shape index (κ2) is 12.5. The smallest absolute Gasteiger partial charge is 0.412 e. The van der Waals surface area contributed by atoms with Gasteiger partial charge in [0.05, 0.1) is 7.11 Å². The predicted molar refractivity (Wildman–Crippen MR) is 119 cm³/mol. The fourth-order valence-electron chi connectivity index (χ4n) is 2.80. The van der Waals surface area contributed by atoms with E-state index in [-0.39, 0.29) is 5.75 Å². The van der Waals surface area contributed by atoms with Crippen molar-refractivity contribution >= 4 is 29.4 Å². The van der Waals surface area contributed by atoms with Crippen molar-refractivity contribution in [3.05, 3.63) is 60.2 Å². The molecule has 0 bridgehead atoms. The van der Waals surface area contributed by atoms with Gasteiger partial charge in [-0.15, -0.1) is 11.8 Å². The Kier molecular flexibility index (Phi) is 9.73. The Hall–Kier alpha value is -3.17. The highest BCUT2D eigenvalue weighted by molar-refractivity contribution is 7.98. The Morgan fingerprint density at radius 2 is 1.94 bits per heavy atom. The molecule has 0 saturated carbocycles. The van der Waals surface area contributed by atoms with E-state index >= 15 is 0 Å². The van der Waals surface area contributed by atoms with Gasteiger partial charge in [0.2, 0.25) is 0 Å². The second-order valence-electron chi connectivity index (χ2n) is 6.49. The topological polar surface area (TPSA) is 117 Å². The maximum Gasteiger partial charge on any atom is 0.412 e. The number of methoxy groups -OCH3 is 1. The number of unbranched alkanes of at least 4 members (excludes halogenated alkanes) is 1. The van der Waals surface area contributed by atoms with Crippen molar-refractivity contribution in [2.45, 2.75) is 30.3 Å². The molecule has 2 rings (SSSR count). The number of carbonyl (C=O) groups excluding carboxylic acids is 2. The lowest BCUT2D eigenvalue weighted by Crippen LogP contribution is -2.17. The van der Waals surface area contributed by atoms with Gasteiger partial charge in [0, 0.05) is 16.7 Å². The van der Waals surface area contributed by atoms with Gasteiger partial charge in [-0.25, -0.2) is 10.3 Å². The SMILES string of the molecule is COc1ccc([C@H](CCC/C=C/C(=O)NO)OC(=O)Nc2ccc(SC)cc2)cc1O. The van der Waals surface area contributed by atoms with Crippen LogP contribution in [-0.4, -0.2) is 35.7 Å². The number of rotatable bonds is 10. The number of phenols is 1. The Morgan fingerprint density at radius 3 is 2.55 bits per heavy atom. The first-order chi connectivity index (χ1) is 15.0. The fourth-order valence-corrected chi connectivity index (χ4v) is 3.21. The summed E-state index contributed by atoms with van der Waals surface area (Å²) in [7, 11) is 1.45. The van der Waals surface area contributed by atoms with Crippen LogP contribution in [-0.2, 0) is 9.53 Å². The summed E-state index contributed by atoms with van der Waals surface area (Å²) in [5, 5.41) is 21.3. The van der Waals surface area contributed by atoms with Crippen molar-refractivity contribution < 1.29 is 29.4 Å². The maximum absolute atomic E-state index is 12.5. The van der Waals surface area contributed by atoms with Gasteiger partial charge in [-0.3, -0.25) is 15.3 Å². The monoisotopic (exact) mass is 446 g/mol. The first-order valence-corrected chi connectivity index (χ1v) is 10.8. The average molecular weight is 447 g/mol. The molecule has 166 valence electrons. The number of ether oxygens (including phenoxy) is 2. The molecule has 1 atom stereocenters. The maximum atomic E-state index is 12.5. The zero-order valence-corrected chi connectivity index (χ0v) is 18.1. The lowest BCUT2D eigenvalue weighted by Gasteiger charge is -2.19. The molecule has 2 aromatic rings. The molecule has 0 unspecified atom stereocenters. The van der Waals surface area contributed by atoms with Gasteiger partial charge in [-0.05, 0) is 67.5 Å². The van der Waals surface area contributed by atoms with Gasteiger partial charge in [0.25, 0.3) is 5.91 Å². The number of amides is 2. The molecule has 0 aromatic heterocycles. The molecule has 0 radical (unpaired) electrons. The van der Waals surface area contributed by atoms with Crippen LogP contribution in [0.3, 0.4) is 0 Å². The van der Waals surface area contributed by atoms with Gasteiger partial charge >= 0.3 is 6.09 Å². The number of carbonyl (C=O) groups is 2. The van der Waals surface area contributed by atoms with Crippen molar-refractivity contribution in [2.75, 3.05) is 18.7 Å². The van der Waals surface area contributed by atoms with Crippen LogP contribution in [0, 0.1) is 0 Å². The van der Waals surface area contributed by atoms with E-state index in [1.54, 1.807) is 42.1 Å². The number of hydrogen-bond donors (Lipinski definition) is 4. The van der Waals surface area contributed by atoms with Crippen LogP contribution in [0.1, 0.15) is 30.9 Å². The van der Waals surface area contributed by atoms with Crippen molar-refractivity contribution in [1.82, 2.24) is 5.48 Å². The van der Waals surface area contributed by atoms with E-state index in [0.717, 1.165) is 4.90 Å². The molecule has 0 saturated heterocycles. The molecule has 2 amide bonds. The lowest BCUT2D eigenvalue weighted by molar-refractivity contribution is -0.124. The van der Waals surface area contributed by atoms with Crippen molar-refractivity contribution in [3.8, 4) is 11.5 Å². The van der Waals surface area contributed by atoms with Gasteiger partial charge in [-0.1, -0.05) is 12.1 Å². The molecule has 4 N–H and O–H groups in total. The third-order valence-electron chi connectivity index (χ3n) is 4.38. The highest BCUT2D eigenvalue weighted by Crippen LogP contribution is 2.32. The van der Waals surface area contributed by atoms with Gasteiger partial charge < -0.3 is 14.6 Å². The van der Waals surface area contributed by atoms with Crippen molar-refractivity contribution in [1.29, 1.82) is 0 Å². The zero-order chi connectivity index (χ0) is 22.6. The number of hydrogen-bond acceptors (Lipinski definition) is 7. The number of anilines is 1. The highest BCUT2D eigenvalue weighted by atomic mass is 32.2. The summed E-state index contributed by atoms with van der Waals surface area (Å²) in [6.45, 7) is 0. The van der Waals surface area contributed by atoms with Gasteiger partial charge in [0.15, 0.2) is 11.5 Å². The summed E-state index contributed by atoms with van der Waals surface area (Å²) in [6, 6.07) is 12.2. The third kappa shape index (κ3) is 7.88. The van der Waals surface area contributed by atoms with Crippen LogP contribution in [0.5, 0.6) is 11.5 Å². The zero-order valence-electron chi connectivity index (χ0n) is 17.3. The second-order valence-corrected chi connectivity index (χ2v) is 7.37. The predicted octanol–water partition coefficient (Wildman–Crippen LogP) is 4.64. The Bertz CT molecular complexity index is 901. The number of thioether (sulfide) groups is 1. The number of aromatic hydroxyl groups is 1. The Morgan fingerprint density at radius 1 is 1.19 bits per heavy atom. The molecule has 0 heterocycles. The molecule has 9 heteroatoms. The van der Waals surface area contributed by atoms with E-state index in [9.17, 15) is 14.7 Å². The summed E-state index contributed by atoms with van der Waals surface area (Å²) in [5.41, 5.74) is 2.74. The fraction of sp³-hybridized carbons (Fsp3) is 0.273. The minimum Gasteiger partial charge on any atom is -0.504 e. The lowest BCUT2D eigenvalue weighted by atomic mass is 10.0. The number of benzene rings is 2. The normalized spacial score (nSPS) is 11.7. The molecule has 0 aliphatic carbocycles. The number of nitrogens with one attached hydrogen (secondary N) is 2. The summed E-state index contributed by atoms with van der Waals surface area (Å²) >= 11 is 1.60. The molecule has 0 aliphatic rings. The van der Waals surface area contributed by atoms with Crippen molar-refractivity contribution in [2.24, 2.45) is 0 Å². The van der Waals surface area contributed by atoms with Crippen LogP contribution in [0.2, 0.25) is 0 Å². The van der Waals surface area contributed by atoms with E-state index in [2.05, 4.69) is 5.32 Å². The van der Waals surface area contributed by atoms with E-state index in [1.165, 1.54) is 24.7 Å². The first-order valence-electron chi connectivity index (χ1n) is 9.56. The first kappa shape index (κ1) is 24.1. The van der Waals surface area contributed by atoms with Gasteiger partial charge in [0.1, 0.15) is 6.10 Å². The van der Waals surface area contributed by atoms with Crippen LogP contribution in [0.15, 0.2) is 59.5 Å². The molecular formula is C22H26N2O6S. The minimum absolute atomic E-state index is 0.0545. The largest absolute Gasteiger partial charge is 0.504 e. The molecule has 31 heavy (non-hydrogen) atoms. The quantitative estimate of drug-likeness (QED) is 0.138. The summed E-state index contributed by atoms with van der Waals surface area (Å²) in [6.07, 6.45) is 5.15. The van der Waals surface area contributed by atoms with Crippen molar-refractivity contribution in [3.63, 3.8) is 0 Å². The summed E-state index contributed by atoms with van der Waals surface area (Å²) in [4.78, 5) is 24.6. The number of phenolic OH excluding ortho intramolecular Hbond substituents is 1. The molecule has 2 aromatic carbocycles. The summed E-state index contributed by atoms with van der Waals surface area (Å²) < 4.78 is 10.7. The van der Waals surface area contributed by atoms with Crippen LogP contribution in [0.4, 0.5) is 10.5 Å². The average Bonchev–Trinajstić information content (AvgIpc) is 2.78. The van der Waals surface area contributed by atoms with E-state index in [1.807, 2.05) is 18.4 Å². The molecular weight excluding hydrogens is 420 g/mol. The van der Waals surface area contributed by atoms with Crippen LogP contribution in [0.25, 0.3) is 0 Å². The molecule has 0 aliphatic heterocycles. The Labute approximate surface area is 185 Å². The van der Waals surface area contributed by atoms with Crippen LogP contribution >= 0.6 is 11.8 Å². The van der Waals surface area contributed by atoms with E-state index in [4.69, 9.17) is 14.7 Å². The van der Waals surface area contributed by atoms with Crippen LogP contribution < -0.4 is 15.5 Å². The highest BCUT2D eigenvalue weighted by Gasteiger charge is 2.18. The molecule has 0 fully saturated rings. The number of allylic oxidation sites excluding steroid dienone is 1. The number of hydroxylamine groups is 1. The molecule has 0 spiro atoms. The minimum atomic E-state index is -0.623. The molecule has 8 nitrogen and oxygen atoms in total. The third-order valence-corrected chi connectivity index (χ3v) is 5.12. The van der Waals surface area contributed by atoms with Gasteiger partial charge in [-0.2, -0.15) is 0 Å².